The average molecular weight is 429 g/mol. The highest BCUT2D eigenvalue weighted by atomic mass is 16.6. The highest BCUT2D eigenvalue weighted by Gasteiger charge is 2.20. The second-order valence-corrected chi connectivity index (χ2v) is 6.75. The van der Waals surface area contributed by atoms with Crippen molar-refractivity contribution in [1.29, 1.82) is 0 Å². The number of ether oxygens (including phenoxy) is 1. The number of anilines is 1. The van der Waals surface area contributed by atoms with E-state index in [1.165, 1.54) is 12.1 Å². The molecule has 0 bridgehead atoms. The number of carbonyl (C=O) groups is 1. The smallest absolute Gasteiger partial charge is 0.294 e. The van der Waals surface area contributed by atoms with Gasteiger partial charge in [-0.25, -0.2) is 4.68 Å². The molecule has 1 aromatic heterocycles. The Morgan fingerprint density at radius 3 is 2.38 bits per heavy atom. The van der Waals surface area contributed by atoms with Crippen LogP contribution in [0.3, 0.4) is 0 Å². The molecule has 4 rings (SSSR count). The van der Waals surface area contributed by atoms with Crippen molar-refractivity contribution < 1.29 is 14.5 Å². The predicted octanol–water partition coefficient (Wildman–Crippen LogP) is 4.21. The number of benzene rings is 3. The fourth-order valence-corrected chi connectivity index (χ4v) is 3.15. The Balaban J connectivity index is 1.67. The molecule has 0 atom stereocenters. The van der Waals surface area contributed by atoms with Gasteiger partial charge in [0.1, 0.15) is 17.1 Å². The third-order valence-corrected chi connectivity index (χ3v) is 4.75. The fourth-order valence-electron chi connectivity index (χ4n) is 3.15. The Morgan fingerprint density at radius 1 is 1.00 bits per heavy atom. The van der Waals surface area contributed by atoms with Gasteiger partial charge in [0, 0.05) is 17.8 Å². The Hall–Kier alpha value is -4.66. The highest BCUT2D eigenvalue weighted by molar-refractivity contribution is 6.00. The predicted molar refractivity (Wildman–Crippen MR) is 120 cm³/mol. The zero-order valence-corrected chi connectivity index (χ0v) is 17.1. The van der Waals surface area contributed by atoms with E-state index in [1.54, 1.807) is 42.3 Å². The standard InChI is InChI=1S/C23H19N5O4/c1-32-18-13-11-16(12-14-18)22-19(15-27(26-22)17-7-3-2-4-8-17)23(29)25-24-20-9-5-6-10-21(20)28(30)31/h2-15,24H,1H3,(H,25,29). The summed E-state index contributed by atoms with van der Waals surface area (Å²) in [5.74, 6) is 0.191. The van der Waals surface area contributed by atoms with Crippen LogP contribution in [0.25, 0.3) is 16.9 Å². The van der Waals surface area contributed by atoms with Crippen LogP contribution in [0.2, 0.25) is 0 Å². The minimum Gasteiger partial charge on any atom is -0.497 e. The Kier molecular flexibility index (Phi) is 5.80. The molecule has 0 unspecified atom stereocenters. The number of hydrazine groups is 1. The van der Waals surface area contributed by atoms with Crippen LogP contribution in [0, 0.1) is 10.1 Å². The molecule has 0 saturated carbocycles. The molecule has 0 saturated heterocycles. The number of hydrogen-bond donors (Lipinski definition) is 2. The van der Waals surface area contributed by atoms with Gasteiger partial charge in [-0.2, -0.15) is 5.10 Å². The summed E-state index contributed by atoms with van der Waals surface area (Å²) in [5, 5.41) is 15.8. The van der Waals surface area contributed by atoms with Gasteiger partial charge < -0.3 is 4.74 Å². The molecule has 0 radical (unpaired) electrons. The number of aromatic nitrogens is 2. The third-order valence-electron chi connectivity index (χ3n) is 4.75. The van der Waals surface area contributed by atoms with Gasteiger partial charge in [-0.3, -0.25) is 25.8 Å². The monoisotopic (exact) mass is 429 g/mol. The molecule has 0 aliphatic carbocycles. The van der Waals surface area contributed by atoms with E-state index in [0.717, 1.165) is 11.3 Å². The van der Waals surface area contributed by atoms with Crippen molar-refractivity contribution in [3.05, 3.63) is 101 Å². The molecule has 9 heteroatoms. The molecule has 3 aromatic carbocycles. The van der Waals surface area contributed by atoms with Crippen LogP contribution in [0.5, 0.6) is 5.75 Å². The van der Waals surface area contributed by atoms with Crippen molar-refractivity contribution in [2.75, 3.05) is 12.5 Å². The summed E-state index contributed by atoms with van der Waals surface area (Å²) in [6.07, 6.45) is 1.62. The first-order valence-electron chi connectivity index (χ1n) is 9.66. The van der Waals surface area contributed by atoms with Crippen LogP contribution in [0.4, 0.5) is 11.4 Å². The molecule has 0 aliphatic rings. The van der Waals surface area contributed by atoms with Crippen molar-refractivity contribution in [2.24, 2.45) is 0 Å². The Labute approximate surface area is 183 Å². The van der Waals surface area contributed by atoms with E-state index in [9.17, 15) is 14.9 Å². The largest absolute Gasteiger partial charge is 0.497 e. The number of para-hydroxylation sites is 3. The number of nitrogens with zero attached hydrogens (tertiary/aromatic N) is 3. The normalized spacial score (nSPS) is 10.4. The van der Waals surface area contributed by atoms with Gasteiger partial charge in [-0.15, -0.1) is 0 Å². The molecule has 0 spiro atoms. The van der Waals surface area contributed by atoms with Gasteiger partial charge in [0.15, 0.2) is 0 Å². The molecule has 9 nitrogen and oxygen atoms in total. The van der Waals surface area contributed by atoms with Crippen LogP contribution >= 0.6 is 0 Å². The molecule has 32 heavy (non-hydrogen) atoms. The van der Waals surface area contributed by atoms with E-state index >= 15 is 0 Å². The number of nitro benzene ring substituents is 1. The highest BCUT2D eigenvalue weighted by Crippen LogP contribution is 2.26. The van der Waals surface area contributed by atoms with E-state index in [4.69, 9.17) is 4.74 Å². The zero-order valence-electron chi connectivity index (χ0n) is 17.1. The zero-order chi connectivity index (χ0) is 22.5. The van der Waals surface area contributed by atoms with E-state index in [0.29, 0.717) is 17.0 Å². The molecule has 0 fully saturated rings. The van der Waals surface area contributed by atoms with Crippen LogP contribution < -0.4 is 15.6 Å². The molecular formula is C23H19N5O4. The number of carbonyl (C=O) groups excluding carboxylic acids is 1. The maximum absolute atomic E-state index is 13.0. The second kappa shape index (κ2) is 9.00. The maximum atomic E-state index is 13.0. The van der Waals surface area contributed by atoms with Crippen molar-refractivity contribution in [3.8, 4) is 22.7 Å². The Bertz CT molecular complexity index is 1250. The lowest BCUT2D eigenvalue weighted by Crippen LogP contribution is -2.29. The number of methoxy groups -OCH3 is 1. The number of amides is 1. The maximum Gasteiger partial charge on any atom is 0.294 e. The lowest BCUT2D eigenvalue weighted by atomic mass is 10.1. The number of hydrogen-bond acceptors (Lipinski definition) is 6. The van der Waals surface area contributed by atoms with Gasteiger partial charge in [-0.05, 0) is 42.5 Å². The average Bonchev–Trinajstić information content (AvgIpc) is 3.29. The quantitative estimate of drug-likeness (QED) is 0.336. The lowest BCUT2D eigenvalue weighted by molar-refractivity contribution is -0.384. The molecule has 160 valence electrons. The third kappa shape index (κ3) is 4.26. The minimum absolute atomic E-state index is 0.150. The summed E-state index contributed by atoms with van der Waals surface area (Å²) in [4.78, 5) is 23.7. The van der Waals surface area contributed by atoms with Gasteiger partial charge in [0.2, 0.25) is 0 Å². The Morgan fingerprint density at radius 2 is 1.69 bits per heavy atom. The van der Waals surface area contributed by atoms with E-state index in [2.05, 4.69) is 16.0 Å². The van der Waals surface area contributed by atoms with Gasteiger partial charge >= 0.3 is 0 Å². The van der Waals surface area contributed by atoms with Gasteiger partial charge in [-0.1, -0.05) is 30.3 Å². The molecule has 1 amide bonds. The van der Waals surface area contributed by atoms with Gasteiger partial charge in [0.05, 0.1) is 23.3 Å². The van der Waals surface area contributed by atoms with E-state index in [-0.39, 0.29) is 11.4 Å². The summed E-state index contributed by atoms with van der Waals surface area (Å²) in [5.41, 5.74) is 7.46. The minimum atomic E-state index is -0.523. The van der Waals surface area contributed by atoms with Crippen molar-refractivity contribution in [1.82, 2.24) is 15.2 Å². The van der Waals surface area contributed by atoms with Crippen LogP contribution in [-0.2, 0) is 0 Å². The summed E-state index contributed by atoms with van der Waals surface area (Å²) in [7, 11) is 1.58. The number of nitro groups is 1. The van der Waals surface area contributed by atoms with Crippen LogP contribution in [0.15, 0.2) is 85.1 Å². The molecular weight excluding hydrogens is 410 g/mol. The fraction of sp³-hybridized carbons (Fsp3) is 0.0435. The van der Waals surface area contributed by atoms with E-state index < -0.39 is 10.8 Å². The number of nitrogens with one attached hydrogen (secondary N) is 2. The molecule has 0 aliphatic heterocycles. The molecule has 4 aromatic rings. The summed E-state index contributed by atoms with van der Waals surface area (Å²) in [6, 6.07) is 22.6. The van der Waals surface area contributed by atoms with Crippen LogP contribution in [-0.4, -0.2) is 27.7 Å². The lowest BCUT2D eigenvalue weighted by Gasteiger charge is -2.09. The second-order valence-electron chi connectivity index (χ2n) is 6.75. The van der Waals surface area contributed by atoms with Crippen molar-refractivity contribution in [2.45, 2.75) is 0 Å². The first-order chi connectivity index (χ1) is 15.6. The first kappa shape index (κ1) is 20.6. The van der Waals surface area contributed by atoms with E-state index in [1.807, 2.05) is 42.5 Å². The molecule has 2 N–H and O–H groups in total. The SMILES string of the molecule is COc1ccc(-c2nn(-c3ccccc3)cc2C(=O)NNc2ccccc2[N+](=O)[O-])cc1. The van der Waals surface area contributed by atoms with Crippen LogP contribution in [0.1, 0.15) is 10.4 Å². The topological polar surface area (TPSA) is 111 Å². The molecule has 1 heterocycles. The summed E-state index contributed by atoms with van der Waals surface area (Å²) in [6.45, 7) is 0. The van der Waals surface area contributed by atoms with Gasteiger partial charge in [0.25, 0.3) is 11.6 Å². The van der Waals surface area contributed by atoms with Crippen molar-refractivity contribution >= 4 is 17.3 Å². The summed E-state index contributed by atoms with van der Waals surface area (Å²) >= 11 is 0. The first-order valence-corrected chi connectivity index (χ1v) is 9.66. The van der Waals surface area contributed by atoms with Crippen molar-refractivity contribution in [3.63, 3.8) is 0 Å². The summed E-state index contributed by atoms with van der Waals surface area (Å²) < 4.78 is 6.82. The number of rotatable bonds is 7.